The lowest BCUT2D eigenvalue weighted by Crippen LogP contribution is -2.33. The molecule has 3 rings (SSSR count). The number of hydrogen-bond acceptors (Lipinski definition) is 12. The second-order valence-corrected chi connectivity index (χ2v) is 19.9. The fourth-order valence-corrected chi connectivity index (χ4v) is 6.82. The molecule has 4 N–H and O–H groups in total. The van der Waals surface area contributed by atoms with Gasteiger partial charge < -0.3 is 9.80 Å². The standard InChI is InChI=1S/C30H42N2O14S4/c1-19(47(35,36)37)9-13-31(14-10-20(2)48(38,39)40)23-5-7-25-27(17-23)30(34)28-18-24(6-8-26(28)29(25)33)32(15-11-21(3)49(41,42)43)16-12-22(4)50(44,45)46/h5-8,17-22H,9-16H2,1-4H3,(H,35,36,37)(H,38,39,40)(H,41,42,43)(H,44,45,46). The molecule has 1 aliphatic carbocycles. The molecule has 0 aromatic heterocycles. The Morgan fingerprint density at radius 3 is 0.940 bits per heavy atom. The molecule has 0 bridgehead atoms. The maximum absolute atomic E-state index is 14.0. The molecule has 4 atom stereocenters. The molecule has 0 fully saturated rings. The summed E-state index contributed by atoms with van der Waals surface area (Å²) in [6.07, 6.45) is -0.343. The van der Waals surface area contributed by atoms with Crippen LogP contribution in [0, 0.1) is 0 Å². The van der Waals surface area contributed by atoms with Gasteiger partial charge in [-0.25, -0.2) is 0 Å². The Bertz CT molecular complexity index is 1820. The van der Waals surface area contributed by atoms with Crippen molar-refractivity contribution < 1.29 is 61.5 Å². The van der Waals surface area contributed by atoms with E-state index in [4.69, 9.17) is 0 Å². The number of anilines is 2. The first-order valence-electron chi connectivity index (χ1n) is 15.5. The molecular weight excluding hydrogens is 741 g/mol. The van der Waals surface area contributed by atoms with Crippen molar-refractivity contribution in [3.8, 4) is 0 Å². The Labute approximate surface area is 292 Å². The van der Waals surface area contributed by atoms with Gasteiger partial charge in [-0.3, -0.25) is 27.8 Å². The third-order valence-corrected chi connectivity index (χ3v) is 14.0. The second-order valence-electron chi connectivity index (χ2n) is 12.5. The van der Waals surface area contributed by atoms with Gasteiger partial charge in [-0.15, -0.1) is 0 Å². The third-order valence-electron chi connectivity index (χ3n) is 8.97. The average Bonchev–Trinajstić information content (AvgIpc) is 3.00. The maximum atomic E-state index is 14.0. The predicted octanol–water partition coefficient (Wildman–Crippen LogP) is 2.74. The molecule has 4 unspecified atom stereocenters. The van der Waals surface area contributed by atoms with Gasteiger partial charge in [0.25, 0.3) is 40.5 Å². The molecule has 2 aromatic rings. The van der Waals surface area contributed by atoms with Crippen molar-refractivity contribution in [1.82, 2.24) is 0 Å². The van der Waals surface area contributed by atoms with Crippen LogP contribution in [0.25, 0.3) is 0 Å². The normalized spacial score (nSPS) is 16.2. The summed E-state index contributed by atoms with van der Waals surface area (Å²) >= 11 is 0. The molecule has 0 saturated heterocycles. The van der Waals surface area contributed by atoms with E-state index in [9.17, 15) is 61.5 Å². The monoisotopic (exact) mass is 782 g/mol. The average molecular weight is 783 g/mol. The number of hydrogen-bond donors (Lipinski definition) is 4. The minimum atomic E-state index is -4.39. The minimum absolute atomic E-state index is 0.0141. The molecule has 0 heterocycles. The molecule has 0 amide bonds. The topological polar surface area (TPSA) is 258 Å². The van der Waals surface area contributed by atoms with Crippen LogP contribution in [0.5, 0.6) is 0 Å². The Balaban J connectivity index is 2.02. The lowest BCUT2D eigenvalue weighted by atomic mass is 9.83. The summed E-state index contributed by atoms with van der Waals surface area (Å²) in [7, 11) is -17.6. The molecule has 0 spiro atoms. The van der Waals surface area contributed by atoms with E-state index >= 15 is 0 Å². The molecule has 2 aromatic carbocycles. The molecule has 1 aliphatic rings. The van der Waals surface area contributed by atoms with Crippen LogP contribution in [-0.2, 0) is 40.5 Å². The molecule has 0 radical (unpaired) electrons. The van der Waals surface area contributed by atoms with Gasteiger partial charge in [-0.1, -0.05) is 0 Å². The van der Waals surface area contributed by atoms with Crippen molar-refractivity contribution in [1.29, 1.82) is 0 Å². The van der Waals surface area contributed by atoms with Crippen molar-refractivity contribution in [2.24, 2.45) is 0 Å². The summed E-state index contributed by atoms with van der Waals surface area (Å²) in [6.45, 7) is 5.09. The summed E-state index contributed by atoms with van der Waals surface area (Å²) < 4.78 is 131. The van der Waals surface area contributed by atoms with Gasteiger partial charge in [0.1, 0.15) is 0 Å². The maximum Gasteiger partial charge on any atom is 0.267 e. The van der Waals surface area contributed by atoms with E-state index < -0.39 is 73.0 Å². The summed E-state index contributed by atoms with van der Waals surface area (Å²) in [5.41, 5.74) is 0.762. The van der Waals surface area contributed by atoms with Crippen LogP contribution in [0.3, 0.4) is 0 Å². The van der Waals surface area contributed by atoms with Crippen molar-refractivity contribution in [3.05, 3.63) is 58.7 Å². The largest absolute Gasteiger partial charge is 0.371 e. The second kappa shape index (κ2) is 15.7. The number of ketones is 2. The molecule has 0 aliphatic heterocycles. The van der Waals surface area contributed by atoms with E-state index in [0.717, 1.165) is 0 Å². The lowest BCUT2D eigenvalue weighted by Gasteiger charge is -2.29. The highest BCUT2D eigenvalue weighted by Crippen LogP contribution is 2.33. The highest BCUT2D eigenvalue weighted by molar-refractivity contribution is 7.87. The van der Waals surface area contributed by atoms with Gasteiger partial charge in [0.15, 0.2) is 11.6 Å². The van der Waals surface area contributed by atoms with E-state index in [1.807, 2.05) is 0 Å². The number of carbonyl (C=O) groups is 2. The minimum Gasteiger partial charge on any atom is -0.371 e. The van der Waals surface area contributed by atoms with Crippen LogP contribution in [-0.4, -0.2) is 111 Å². The Morgan fingerprint density at radius 2 is 0.700 bits per heavy atom. The molecule has 16 nitrogen and oxygen atoms in total. The summed E-state index contributed by atoms with van der Waals surface area (Å²) in [5, 5.41) is -4.73. The van der Waals surface area contributed by atoms with Crippen LogP contribution < -0.4 is 9.80 Å². The fraction of sp³-hybridized carbons (Fsp3) is 0.533. The molecule has 20 heteroatoms. The highest BCUT2D eigenvalue weighted by Gasteiger charge is 2.32. The SMILES string of the molecule is CC(CCN(CCC(C)S(=O)(=O)O)c1ccc2c(c1)C(=O)c1cc(N(CCC(C)S(=O)(=O)O)CCC(C)S(=O)(=O)O)ccc1C2=O)S(=O)(=O)O. The van der Waals surface area contributed by atoms with Crippen LogP contribution in [0.15, 0.2) is 36.4 Å². The van der Waals surface area contributed by atoms with Gasteiger partial charge in [0.2, 0.25) is 0 Å². The van der Waals surface area contributed by atoms with Crippen LogP contribution in [0.4, 0.5) is 11.4 Å². The van der Waals surface area contributed by atoms with Crippen molar-refractivity contribution >= 4 is 63.4 Å². The zero-order valence-electron chi connectivity index (χ0n) is 27.8. The quantitative estimate of drug-likeness (QED) is 0.135. The van der Waals surface area contributed by atoms with E-state index in [2.05, 4.69) is 0 Å². The van der Waals surface area contributed by atoms with E-state index in [0.29, 0.717) is 11.4 Å². The molecule has 280 valence electrons. The Morgan fingerprint density at radius 1 is 0.460 bits per heavy atom. The van der Waals surface area contributed by atoms with E-state index in [1.54, 1.807) is 9.80 Å². The highest BCUT2D eigenvalue weighted by atomic mass is 32.2. The van der Waals surface area contributed by atoms with Crippen molar-refractivity contribution in [3.63, 3.8) is 0 Å². The number of rotatable bonds is 18. The van der Waals surface area contributed by atoms with Crippen LogP contribution in [0.1, 0.15) is 85.2 Å². The summed E-state index contributed by atoms with van der Waals surface area (Å²) in [6, 6.07) is 8.64. The number of nitrogens with zero attached hydrogens (tertiary/aromatic N) is 2. The lowest BCUT2D eigenvalue weighted by molar-refractivity contribution is 0.0979. The Hall–Kier alpha value is -2.98. The smallest absolute Gasteiger partial charge is 0.267 e. The third kappa shape index (κ3) is 10.5. The molecule has 50 heavy (non-hydrogen) atoms. The van der Waals surface area contributed by atoms with E-state index in [-0.39, 0.29) is 74.1 Å². The van der Waals surface area contributed by atoms with Gasteiger partial charge in [-0.2, -0.15) is 33.7 Å². The van der Waals surface area contributed by atoms with Crippen molar-refractivity contribution in [2.75, 3.05) is 36.0 Å². The predicted molar refractivity (Wildman–Crippen MR) is 187 cm³/mol. The summed E-state index contributed by atoms with van der Waals surface area (Å²) in [4.78, 5) is 30.7. The van der Waals surface area contributed by atoms with Gasteiger partial charge in [0.05, 0.1) is 21.0 Å². The van der Waals surface area contributed by atoms with E-state index in [1.165, 1.54) is 64.1 Å². The van der Waals surface area contributed by atoms with Gasteiger partial charge in [-0.05, 0) is 89.8 Å². The number of carbonyl (C=O) groups excluding carboxylic acids is 2. The fourth-order valence-electron chi connectivity index (χ4n) is 5.21. The molecular formula is C30H42N2O14S4. The van der Waals surface area contributed by atoms with Gasteiger partial charge in [0, 0.05) is 59.8 Å². The first kappa shape index (κ1) is 41.4. The van der Waals surface area contributed by atoms with Crippen molar-refractivity contribution in [2.45, 2.75) is 74.4 Å². The zero-order valence-corrected chi connectivity index (χ0v) is 31.1. The zero-order chi connectivity index (χ0) is 38.0. The van der Waals surface area contributed by atoms with Gasteiger partial charge >= 0.3 is 0 Å². The first-order valence-corrected chi connectivity index (χ1v) is 21.6. The summed E-state index contributed by atoms with van der Waals surface area (Å²) in [5.74, 6) is -1.07. The number of fused-ring (bicyclic) bond motifs is 2. The first-order chi connectivity index (χ1) is 22.8. The molecule has 0 saturated carbocycles. The van der Waals surface area contributed by atoms with Crippen LogP contribution in [0.2, 0.25) is 0 Å². The number of benzene rings is 2. The van der Waals surface area contributed by atoms with Crippen LogP contribution >= 0.6 is 0 Å². The Kier molecular flexibility index (Phi) is 13.0.